The Morgan fingerprint density at radius 1 is 1.28 bits per heavy atom. The normalized spacial score (nSPS) is 17.4. The van der Waals surface area contributed by atoms with Crippen molar-refractivity contribution >= 4 is 17.1 Å². The fourth-order valence-electron chi connectivity index (χ4n) is 3.85. The topological polar surface area (TPSA) is 43.4 Å². The average molecular weight is 389 g/mol. The Balaban J connectivity index is 1.83. The van der Waals surface area contributed by atoms with Crippen LogP contribution in [0.4, 0.5) is 5.69 Å². The van der Waals surface area contributed by atoms with E-state index in [1.165, 1.54) is 16.7 Å². The second-order valence-electron chi connectivity index (χ2n) is 7.70. The van der Waals surface area contributed by atoms with Gasteiger partial charge in [-0.2, -0.15) is 0 Å². The van der Waals surface area contributed by atoms with Gasteiger partial charge in [0.25, 0.3) is 0 Å². The number of hydrogen-bond acceptors (Lipinski definition) is 3. The number of aliphatic imine (C=N–C) groups is 1. The molecular weight excluding hydrogens is 356 g/mol. The number of rotatable bonds is 7. The summed E-state index contributed by atoms with van der Waals surface area (Å²) in [5.74, 6) is 0.415. The highest BCUT2D eigenvalue weighted by Crippen LogP contribution is 2.30. The van der Waals surface area contributed by atoms with Crippen molar-refractivity contribution in [3.63, 3.8) is 0 Å². The van der Waals surface area contributed by atoms with Crippen LogP contribution in [0.15, 0.2) is 77.6 Å². The molecule has 2 heterocycles. The van der Waals surface area contributed by atoms with E-state index in [1.807, 2.05) is 19.3 Å². The van der Waals surface area contributed by atoms with Crippen molar-refractivity contribution in [1.82, 2.24) is 9.88 Å². The lowest BCUT2D eigenvalue weighted by Gasteiger charge is -2.37. The molecule has 1 atom stereocenters. The number of aromatic nitrogens is 1. The molecule has 1 aliphatic rings. The summed E-state index contributed by atoms with van der Waals surface area (Å²) < 4.78 is 0. The Bertz CT molecular complexity index is 947. The van der Waals surface area contributed by atoms with Crippen molar-refractivity contribution in [2.75, 3.05) is 25.5 Å². The Labute approximate surface area is 174 Å². The molecule has 0 radical (unpaired) electrons. The van der Waals surface area contributed by atoms with E-state index >= 15 is 0 Å². The molecule has 1 unspecified atom stereocenters. The van der Waals surface area contributed by atoms with Crippen LogP contribution in [-0.2, 0) is 6.42 Å². The smallest absolute Gasteiger partial charge is 0.0848 e. The first-order valence-corrected chi connectivity index (χ1v) is 10.2. The number of benzene rings is 1. The summed E-state index contributed by atoms with van der Waals surface area (Å²) in [5, 5.41) is 3.47. The Morgan fingerprint density at radius 2 is 2.07 bits per heavy atom. The van der Waals surface area contributed by atoms with Crippen LogP contribution in [0.3, 0.4) is 0 Å². The highest BCUT2D eigenvalue weighted by molar-refractivity contribution is 6.14. The van der Waals surface area contributed by atoms with Crippen LogP contribution in [0.2, 0.25) is 0 Å². The van der Waals surface area contributed by atoms with Gasteiger partial charge < -0.3 is 15.2 Å². The minimum Gasteiger partial charge on any atom is -0.365 e. The molecule has 152 valence electrons. The van der Waals surface area contributed by atoms with Gasteiger partial charge >= 0.3 is 0 Å². The van der Waals surface area contributed by atoms with E-state index in [2.05, 4.69) is 84.5 Å². The first kappa shape index (κ1) is 20.7. The minimum atomic E-state index is 0.415. The molecule has 29 heavy (non-hydrogen) atoms. The summed E-state index contributed by atoms with van der Waals surface area (Å²) in [7, 11) is 1.84. The fourth-order valence-corrected chi connectivity index (χ4v) is 3.85. The van der Waals surface area contributed by atoms with Gasteiger partial charge in [0.05, 0.1) is 22.8 Å². The number of anilines is 1. The van der Waals surface area contributed by atoms with Gasteiger partial charge in [0.2, 0.25) is 0 Å². The van der Waals surface area contributed by atoms with E-state index in [0.29, 0.717) is 5.92 Å². The first-order chi connectivity index (χ1) is 13.9. The van der Waals surface area contributed by atoms with Gasteiger partial charge in [0.15, 0.2) is 0 Å². The van der Waals surface area contributed by atoms with Crippen LogP contribution in [0.25, 0.3) is 5.70 Å². The summed E-state index contributed by atoms with van der Waals surface area (Å²) >= 11 is 0. The lowest BCUT2D eigenvalue weighted by Crippen LogP contribution is -2.37. The zero-order valence-corrected chi connectivity index (χ0v) is 18.0. The van der Waals surface area contributed by atoms with Gasteiger partial charge in [-0.3, -0.25) is 4.99 Å². The Hall–Kier alpha value is -3.01. The molecule has 0 amide bonds. The van der Waals surface area contributed by atoms with Crippen LogP contribution in [-0.4, -0.2) is 35.7 Å². The van der Waals surface area contributed by atoms with Gasteiger partial charge in [-0.1, -0.05) is 44.7 Å². The van der Waals surface area contributed by atoms with E-state index in [1.54, 1.807) is 0 Å². The van der Waals surface area contributed by atoms with E-state index in [-0.39, 0.29) is 0 Å². The molecule has 1 aromatic carbocycles. The number of nitrogens with one attached hydrogen (secondary N) is 2. The third kappa shape index (κ3) is 4.53. The summed E-state index contributed by atoms with van der Waals surface area (Å²) in [6.45, 7) is 17.0. The van der Waals surface area contributed by atoms with E-state index in [0.717, 1.165) is 48.0 Å². The molecule has 4 heteroatoms. The first-order valence-electron chi connectivity index (χ1n) is 10.2. The van der Waals surface area contributed by atoms with Crippen LogP contribution in [0.1, 0.15) is 32.0 Å². The maximum atomic E-state index is 4.62. The lowest BCUT2D eigenvalue weighted by atomic mass is 9.88. The number of allylic oxidation sites excluding steroid dienone is 1. The molecule has 0 saturated carbocycles. The van der Waals surface area contributed by atoms with Crippen LogP contribution >= 0.6 is 0 Å². The van der Waals surface area contributed by atoms with Crippen LogP contribution < -0.4 is 5.32 Å². The number of aromatic amines is 1. The van der Waals surface area contributed by atoms with E-state index in [9.17, 15) is 0 Å². The van der Waals surface area contributed by atoms with Gasteiger partial charge in [-0.25, -0.2) is 0 Å². The van der Waals surface area contributed by atoms with E-state index in [4.69, 9.17) is 0 Å². The summed E-state index contributed by atoms with van der Waals surface area (Å²) in [6, 6.07) is 12.5. The number of nitrogens with zero attached hydrogens (tertiary/aromatic N) is 2. The van der Waals surface area contributed by atoms with Crippen molar-refractivity contribution in [1.29, 1.82) is 0 Å². The molecular formula is C25H32N4. The van der Waals surface area contributed by atoms with Gasteiger partial charge in [-0.15, -0.1) is 0 Å². The van der Waals surface area contributed by atoms with Crippen molar-refractivity contribution in [3.05, 3.63) is 83.9 Å². The largest absolute Gasteiger partial charge is 0.365 e. The Kier molecular flexibility index (Phi) is 6.42. The number of aryl methyl sites for hydroxylation is 1. The molecule has 4 nitrogen and oxygen atoms in total. The third-order valence-corrected chi connectivity index (χ3v) is 5.77. The van der Waals surface area contributed by atoms with Crippen molar-refractivity contribution in [2.24, 2.45) is 10.9 Å². The highest BCUT2D eigenvalue weighted by Gasteiger charge is 2.27. The van der Waals surface area contributed by atoms with Crippen molar-refractivity contribution in [3.8, 4) is 0 Å². The standard InChI is InChI=1S/C25H32N4/c1-7-21-10-8-11-22(14-21)28-19(4)25(26-6)23-16-29(15-17(2)18(23)3)20(5)24-12-9-13-27-24/h8-14,17,27-28H,4-5,7,15-16H2,1-3,6H3. The zero-order valence-electron chi connectivity index (χ0n) is 18.0. The quantitative estimate of drug-likeness (QED) is 0.614. The Morgan fingerprint density at radius 3 is 2.72 bits per heavy atom. The lowest BCUT2D eigenvalue weighted by molar-refractivity contribution is 0.359. The summed E-state index contributed by atoms with van der Waals surface area (Å²) in [6.07, 6.45) is 2.94. The molecule has 0 bridgehead atoms. The predicted molar refractivity (Wildman–Crippen MR) is 125 cm³/mol. The van der Waals surface area contributed by atoms with Gasteiger partial charge in [-0.05, 0) is 54.7 Å². The third-order valence-electron chi connectivity index (χ3n) is 5.77. The molecule has 1 aromatic heterocycles. The van der Waals surface area contributed by atoms with Gasteiger partial charge in [0.1, 0.15) is 0 Å². The van der Waals surface area contributed by atoms with Gasteiger partial charge in [0, 0.05) is 32.0 Å². The molecule has 0 spiro atoms. The zero-order chi connectivity index (χ0) is 21.0. The van der Waals surface area contributed by atoms with Crippen LogP contribution in [0.5, 0.6) is 0 Å². The second-order valence-corrected chi connectivity index (χ2v) is 7.70. The highest BCUT2D eigenvalue weighted by atomic mass is 15.2. The molecule has 2 N–H and O–H groups in total. The number of H-pyrrole nitrogens is 1. The molecule has 0 fully saturated rings. The fraction of sp³-hybridized carbons (Fsp3) is 0.320. The molecule has 1 aliphatic heterocycles. The second kappa shape index (κ2) is 8.99. The van der Waals surface area contributed by atoms with Crippen LogP contribution in [0, 0.1) is 5.92 Å². The monoisotopic (exact) mass is 388 g/mol. The van der Waals surface area contributed by atoms with E-state index < -0.39 is 0 Å². The minimum absolute atomic E-state index is 0.415. The van der Waals surface area contributed by atoms with Crippen molar-refractivity contribution in [2.45, 2.75) is 27.2 Å². The maximum absolute atomic E-state index is 4.62. The average Bonchev–Trinajstić information content (AvgIpc) is 3.26. The molecule has 0 saturated heterocycles. The summed E-state index contributed by atoms with van der Waals surface area (Å²) in [4.78, 5) is 10.2. The maximum Gasteiger partial charge on any atom is 0.0848 e. The SMILES string of the molecule is C=C(Nc1cccc(CC)c1)C(=NC)C1=C(C)C(C)CN(C(=C)c2ccc[nH]2)C1. The van der Waals surface area contributed by atoms with Crippen molar-refractivity contribution < 1.29 is 0 Å². The summed E-state index contributed by atoms with van der Waals surface area (Å²) in [5.41, 5.74) is 8.76. The molecule has 2 aromatic rings. The predicted octanol–water partition coefficient (Wildman–Crippen LogP) is 5.51. The molecule has 3 rings (SSSR count). The number of hydrogen-bond donors (Lipinski definition) is 2. The molecule has 0 aliphatic carbocycles.